The minimum Gasteiger partial charge on any atom is -0.460 e. The number of esters is 1. The van der Waals surface area contributed by atoms with E-state index in [2.05, 4.69) is 13.8 Å². The first-order valence-electron chi connectivity index (χ1n) is 15.3. The third kappa shape index (κ3) is 6.29. The molecule has 1 aromatic carbocycles. The maximum absolute atomic E-state index is 13.7. The van der Waals surface area contributed by atoms with Crippen LogP contribution in [0.4, 0.5) is 0 Å². The van der Waals surface area contributed by atoms with Crippen LogP contribution in [0.25, 0.3) is 22.3 Å². The van der Waals surface area contributed by atoms with Gasteiger partial charge in [0.15, 0.2) is 0 Å². The number of fused-ring (bicyclic) bond motifs is 5. The van der Waals surface area contributed by atoms with Crippen LogP contribution in [-0.2, 0) is 41.9 Å². The summed E-state index contributed by atoms with van der Waals surface area (Å²) < 4.78 is 37.7. The largest absolute Gasteiger partial charge is 0.530 e. The molecule has 10 nitrogen and oxygen atoms in total. The number of aryl methyl sites for hydroxylation is 1. The highest BCUT2D eigenvalue weighted by Gasteiger charge is 2.39. The van der Waals surface area contributed by atoms with E-state index in [-0.39, 0.29) is 44.8 Å². The van der Waals surface area contributed by atoms with Crippen LogP contribution in [0.5, 0.6) is 5.75 Å². The van der Waals surface area contributed by atoms with Gasteiger partial charge in [-0.15, -0.1) is 0 Å². The van der Waals surface area contributed by atoms with Crippen molar-refractivity contribution >= 4 is 24.7 Å². The Morgan fingerprint density at radius 3 is 2.37 bits per heavy atom. The Morgan fingerprint density at radius 2 is 1.72 bits per heavy atom. The van der Waals surface area contributed by atoms with Gasteiger partial charge in [0.1, 0.15) is 18.0 Å². The number of carbonyl (C=O) groups is 1. The number of pyridine rings is 2. The van der Waals surface area contributed by atoms with Crippen LogP contribution in [0.15, 0.2) is 29.1 Å². The summed E-state index contributed by atoms with van der Waals surface area (Å²) in [5, 5.41) is 12.2. The summed E-state index contributed by atoms with van der Waals surface area (Å²) in [5.41, 5.74) is 2.60. The lowest BCUT2D eigenvalue weighted by Gasteiger charge is -2.26. The van der Waals surface area contributed by atoms with E-state index >= 15 is 0 Å². The Labute approximate surface area is 251 Å². The van der Waals surface area contributed by atoms with Crippen LogP contribution in [0.3, 0.4) is 0 Å². The third-order valence-corrected chi connectivity index (χ3v) is 9.85. The van der Waals surface area contributed by atoms with Crippen molar-refractivity contribution in [3.8, 4) is 17.1 Å². The molecule has 232 valence electrons. The molecule has 5 rings (SSSR count). The quantitative estimate of drug-likeness (QED) is 0.1000. The number of rotatable bonds is 13. The van der Waals surface area contributed by atoms with E-state index in [0.29, 0.717) is 33.8 Å². The molecular weight excluding hydrogens is 571 g/mol. The normalized spacial score (nSPS) is 17.7. The topological polar surface area (TPSA) is 126 Å². The number of benzene rings is 1. The average molecular weight is 613 g/mol. The molecular formula is C32H41N2O8P. The highest BCUT2D eigenvalue weighted by molar-refractivity contribution is 7.48. The van der Waals surface area contributed by atoms with Crippen LogP contribution in [0.2, 0.25) is 0 Å². The second-order valence-corrected chi connectivity index (χ2v) is 13.0. The number of phosphoric ester groups is 1. The second kappa shape index (κ2) is 12.9. The van der Waals surface area contributed by atoms with E-state index in [0.717, 1.165) is 55.0 Å². The van der Waals surface area contributed by atoms with Gasteiger partial charge in [0.25, 0.3) is 5.56 Å². The number of unbranched alkanes of at least 4 members (excludes halogenated alkanes) is 4. The Hall–Kier alpha value is -3.04. The van der Waals surface area contributed by atoms with Gasteiger partial charge in [0.05, 0.1) is 48.6 Å². The van der Waals surface area contributed by atoms with Crippen molar-refractivity contribution in [1.29, 1.82) is 0 Å². The third-order valence-electron chi connectivity index (χ3n) is 8.41. The molecule has 1 atom stereocenters. The number of ether oxygens (including phenoxy) is 1. The fraction of sp³-hybridized carbons (Fsp3) is 0.531. The Balaban J connectivity index is 1.49. The molecule has 0 spiro atoms. The van der Waals surface area contributed by atoms with Gasteiger partial charge in [-0.05, 0) is 61.6 Å². The van der Waals surface area contributed by atoms with E-state index in [9.17, 15) is 19.3 Å². The molecule has 0 aliphatic carbocycles. The molecule has 1 unspecified atom stereocenters. The lowest BCUT2D eigenvalue weighted by Crippen LogP contribution is -2.32. The second-order valence-electron chi connectivity index (χ2n) is 11.4. The predicted octanol–water partition coefficient (Wildman–Crippen LogP) is 6.68. The molecule has 43 heavy (non-hydrogen) atoms. The molecule has 0 radical (unpaired) electrons. The molecule has 1 N–H and O–H groups in total. The van der Waals surface area contributed by atoms with E-state index in [4.69, 9.17) is 23.3 Å². The van der Waals surface area contributed by atoms with Gasteiger partial charge in [-0.3, -0.25) is 18.6 Å². The van der Waals surface area contributed by atoms with E-state index in [1.807, 2.05) is 6.92 Å². The minimum absolute atomic E-state index is 0.178. The maximum atomic E-state index is 13.7. The molecule has 2 aliphatic heterocycles. The molecule has 2 aromatic heterocycles. The first-order valence-corrected chi connectivity index (χ1v) is 16.8. The molecule has 11 heteroatoms. The molecule has 2 aliphatic rings. The molecule has 0 saturated carbocycles. The maximum Gasteiger partial charge on any atom is 0.530 e. The highest BCUT2D eigenvalue weighted by atomic mass is 31.2. The smallest absolute Gasteiger partial charge is 0.460 e. The standard InChI is InChI=1S/C32H41N2O8P/c1-5-8-10-14-40-43(38,41-15-11-9-6-2)42-22-12-13-27-23(16-22)21(4)24-19-34-28(30(24)33-27)17-26-25(31(34)36)20-39-29(35)18-32(26,37)7-3/h12-13,16-17,37H,5-11,14-15,18-20H2,1-4H3. The molecule has 0 amide bonds. The van der Waals surface area contributed by atoms with Crippen LogP contribution in [0.1, 0.15) is 94.4 Å². The van der Waals surface area contributed by atoms with Crippen molar-refractivity contribution in [2.45, 2.75) is 97.8 Å². The highest BCUT2D eigenvalue weighted by Crippen LogP contribution is 2.50. The number of aromatic nitrogens is 2. The lowest BCUT2D eigenvalue weighted by molar-refractivity contribution is -0.149. The number of phosphoric acid groups is 1. The van der Waals surface area contributed by atoms with Gasteiger partial charge >= 0.3 is 13.8 Å². The summed E-state index contributed by atoms with van der Waals surface area (Å²) in [6.07, 6.45) is 5.50. The summed E-state index contributed by atoms with van der Waals surface area (Å²) in [6, 6.07) is 7.05. The fourth-order valence-corrected chi connectivity index (χ4v) is 7.04. The van der Waals surface area contributed by atoms with Crippen LogP contribution < -0.4 is 10.1 Å². The predicted molar refractivity (Wildman–Crippen MR) is 163 cm³/mol. The molecule has 4 heterocycles. The van der Waals surface area contributed by atoms with Crippen molar-refractivity contribution in [2.24, 2.45) is 0 Å². The number of cyclic esters (lactones) is 1. The van der Waals surface area contributed by atoms with Gasteiger partial charge in [-0.25, -0.2) is 9.55 Å². The number of aliphatic hydroxyl groups is 1. The zero-order chi connectivity index (χ0) is 30.8. The van der Waals surface area contributed by atoms with E-state index in [1.165, 1.54) is 0 Å². The summed E-state index contributed by atoms with van der Waals surface area (Å²) in [4.78, 5) is 30.8. The number of hydrogen-bond donors (Lipinski definition) is 1. The summed E-state index contributed by atoms with van der Waals surface area (Å²) in [7, 11) is -3.85. The van der Waals surface area contributed by atoms with E-state index < -0.39 is 19.4 Å². The zero-order valence-corrected chi connectivity index (χ0v) is 26.3. The van der Waals surface area contributed by atoms with Gasteiger partial charge in [0, 0.05) is 10.9 Å². The zero-order valence-electron chi connectivity index (χ0n) is 25.4. The van der Waals surface area contributed by atoms with Crippen LogP contribution in [0, 0.1) is 6.92 Å². The Morgan fingerprint density at radius 1 is 1.02 bits per heavy atom. The summed E-state index contributed by atoms with van der Waals surface area (Å²) in [5.74, 6) is -0.188. The van der Waals surface area contributed by atoms with Gasteiger partial charge in [-0.2, -0.15) is 0 Å². The Kier molecular flexibility index (Phi) is 9.42. The van der Waals surface area contributed by atoms with E-state index in [1.54, 1.807) is 35.8 Å². The van der Waals surface area contributed by atoms with Crippen molar-refractivity contribution in [2.75, 3.05) is 13.2 Å². The SMILES string of the molecule is CCCCCOP(=O)(OCCCCC)Oc1ccc2nc3c(c(C)c2c1)Cn1c-3cc2c(c1=O)COC(=O)CC2(O)CC. The molecule has 0 fully saturated rings. The van der Waals surface area contributed by atoms with Crippen molar-refractivity contribution in [1.82, 2.24) is 9.55 Å². The average Bonchev–Trinajstić information content (AvgIpc) is 3.30. The first-order chi connectivity index (χ1) is 20.6. The van der Waals surface area contributed by atoms with Gasteiger partial charge in [-0.1, -0.05) is 46.5 Å². The van der Waals surface area contributed by atoms with Crippen molar-refractivity contribution in [3.63, 3.8) is 0 Å². The number of nitrogens with zero attached hydrogens (tertiary/aromatic N) is 2. The monoisotopic (exact) mass is 612 g/mol. The van der Waals surface area contributed by atoms with Crippen LogP contribution >= 0.6 is 7.82 Å². The van der Waals surface area contributed by atoms with Crippen molar-refractivity contribution in [3.05, 3.63) is 56.9 Å². The fourth-order valence-electron chi connectivity index (χ4n) is 5.79. The summed E-state index contributed by atoms with van der Waals surface area (Å²) >= 11 is 0. The molecule has 0 bridgehead atoms. The lowest BCUT2D eigenvalue weighted by atomic mass is 9.85. The molecule has 0 saturated heterocycles. The van der Waals surface area contributed by atoms with Crippen LogP contribution in [-0.4, -0.2) is 33.8 Å². The Bertz CT molecular complexity index is 1620. The summed E-state index contributed by atoms with van der Waals surface area (Å²) in [6.45, 7) is 8.59. The van der Waals surface area contributed by atoms with Crippen molar-refractivity contribution < 1.29 is 32.8 Å². The molecule has 3 aromatic rings. The first kappa shape index (κ1) is 31.4. The number of carbonyl (C=O) groups excluding carboxylic acids is 1. The van der Waals surface area contributed by atoms with Gasteiger partial charge < -0.3 is 18.9 Å². The minimum atomic E-state index is -3.85. The van der Waals surface area contributed by atoms with Gasteiger partial charge in [0.2, 0.25) is 0 Å². The number of hydrogen-bond acceptors (Lipinski definition) is 9.